The number of rotatable bonds is 6. The molecule has 1 aromatic heterocycles. The monoisotopic (exact) mass is 387 g/mol. The normalized spacial score (nSPS) is 14.7. The number of aromatic nitrogens is 1. The van der Waals surface area contributed by atoms with Gasteiger partial charge in [0.1, 0.15) is 0 Å². The van der Waals surface area contributed by atoms with E-state index in [1.54, 1.807) is 6.20 Å². The van der Waals surface area contributed by atoms with Crippen LogP contribution < -0.4 is 10.2 Å². The van der Waals surface area contributed by atoms with Crippen LogP contribution in [0.4, 0.5) is 11.4 Å². The lowest BCUT2D eigenvalue weighted by molar-refractivity contribution is -0.116. The molecule has 1 amide bonds. The highest BCUT2D eigenvalue weighted by Gasteiger charge is 2.18. The molecular weight excluding hydrogens is 358 g/mol. The van der Waals surface area contributed by atoms with Gasteiger partial charge in [0.25, 0.3) is 0 Å². The molecule has 1 aliphatic carbocycles. The summed E-state index contributed by atoms with van der Waals surface area (Å²) in [6.45, 7) is 0. The van der Waals surface area contributed by atoms with E-state index in [1.165, 1.54) is 43.4 Å². The van der Waals surface area contributed by atoms with Crippen LogP contribution in [-0.4, -0.2) is 24.0 Å². The Morgan fingerprint density at radius 2 is 1.83 bits per heavy atom. The maximum atomic E-state index is 12.4. The van der Waals surface area contributed by atoms with Gasteiger partial charge in [-0.2, -0.15) is 0 Å². The van der Waals surface area contributed by atoms with Crippen molar-refractivity contribution in [3.05, 3.63) is 66.4 Å². The average Bonchev–Trinajstić information content (AvgIpc) is 2.78. The predicted octanol–water partition coefficient (Wildman–Crippen LogP) is 5.58. The minimum Gasteiger partial charge on any atom is -0.372 e. The number of nitrogens with one attached hydrogen (secondary N) is 1. The van der Waals surface area contributed by atoms with Crippen LogP contribution in [0.1, 0.15) is 44.1 Å². The molecule has 2 aromatic carbocycles. The van der Waals surface area contributed by atoms with E-state index in [-0.39, 0.29) is 5.91 Å². The van der Waals surface area contributed by atoms with Crippen LogP contribution in [0.5, 0.6) is 0 Å². The van der Waals surface area contributed by atoms with Gasteiger partial charge in [0.15, 0.2) is 0 Å². The number of anilines is 2. The Labute approximate surface area is 173 Å². The molecule has 1 fully saturated rings. The molecule has 0 aliphatic heterocycles. The molecule has 4 heteroatoms. The first-order valence-electron chi connectivity index (χ1n) is 10.7. The lowest BCUT2D eigenvalue weighted by atomic mass is 9.94. The van der Waals surface area contributed by atoms with E-state index >= 15 is 0 Å². The molecule has 0 radical (unpaired) electrons. The summed E-state index contributed by atoms with van der Waals surface area (Å²) in [5.74, 6) is 0.0190. The number of hydrogen-bond acceptors (Lipinski definition) is 3. The van der Waals surface area contributed by atoms with Gasteiger partial charge in [-0.25, -0.2) is 0 Å². The van der Waals surface area contributed by atoms with Gasteiger partial charge in [-0.1, -0.05) is 49.6 Å². The topological polar surface area (TPSA) is 45.2 Å². The van der Waals surface area contributed by atoms with E-state index in [4.69, 9.17) is 0 Å². The zero-order chi connectivity index (χ0) is 20.1. The number of amides is 1. The quantitative estimate of drug-likeness (QED) is 0.601. The standard InChI is InChI=1S/C25H29N3O/c1-28(22-8-3-2-4-9-22)23-14-11-19(12-15-23)13-16-25(29)27-21-17-20-7-5-6-10-24(20)26-18-21/h5-7,10-12,14-15,17-18,22H,2-4,8-9,13,16H2,1H3,(H,27,29). The number of aryl methyl sites for hydroxylation is 1. The van der Waals surface area contributed by atoms with E-state index in [9.17, 15) is 4.79 Å². The van der Waals surface area contributed by atoms with Gasteiger partial charge in [0.2, 0.25) is 5.91 Å². The summed E-state index contributed by atoms with van der Waals surface area (Å²) < 4.78 is 0. The fourth-order valence-electron chi connectivity index (χ4n) is 4.20. The molecule has 0 saturated heterocycles. The maximum absolute atomic E-state index is 12.4. The van der Waals surface area contributed by atoms with Crippen LogP contribution >= 0.6 is 0 Å². The van der Waals surface area contributed by atoms with E-state index in [2.05, 4.69) is 46.5 Å². The number of carbonyl (C=O) groups is 1. The number of hydrogen-bond donors (Lipinski definition) is 1. The third-order valence-electron chi connectivity index (χ3n) is 5.98. The Kier molecular flexibility index (Phi) is 6.09. The highest BCUT2D eigenvalue weighted by atomic mass is 16.1. The van der Waals surface area contributed by atoms with Crippen molar-refractivity contribution < 1.29 is 4.79 Å². The minimum absolute atomic E-state index is 0.0190. The minimum atomic E-state index is 0.0190. The summed E-state index contributed by atoms with van der Waals surface area (Å²) >= 11 is 0. The van der Waals surface area contributed by atoms with Crippen molar-refractivity contribution >= 4 is 28.2 Å². The number of benzene rings is 2. The first-order valence-corrected chi connectivity index (χ1v) is 10.7. The summed E-state index contributed by atoms with van der Waals surface area (Å²) in [6, 6.07) is 19.2. The number of fused-ring (bicyclic) bond motifs is 1. The zero-order valence-electron chi connectivity index (χ0n) is 17.1. The van der Waals surface area contributed by atoms with Crippen molar-refractivity contribution in [1.29, 1.82) is 0 Å². The third kappa shape index (κ3) is 4.94. The van der Waals surface area contributed by atoms with Crippen LogP contribution in [0.15, 0.2) is 60.8 Å². The molecule has 1 N–H and O–H groups in total. The predicted molar refractivity (Wildman–Crippen MR) is 120 cm³/mol. The molecule has 1 heterocycles. The van der Waals surface area contributed by atoms with Gasteiger partial charge in [-0.05, 0) is 49.1 Å². The van der Waals surface area contributed by atoms with E-state index in [0.717, 1.165) is 23.0 Å². The van der Waals surface area contributed by atoms with Gasteiger partial charge >= 0.3 is 0 Å². The summed E-state index contributed by atoms with van der Waals surface area (Å²) in [5, 5.41) is 4.00. The fraction of sp³-hybridized carbons (Fsp3) is 0.360. The SMILES string of the molecule is CN(c1ccc(CCC(=O)Nc2cnc3ccccc3c2)cc1)C1CCCCC1. The Morgan fingerprint density at radius 1 is 1.07 bits per heavy atom. The molecule has 0 spiro atoms. The van der Waals surface area contributed by atoms with E-state index in [1.807, 2.05) is 30.3 Å². The number of nitrogens with zero attached hydrogens (tertiary/aromatic N) is 2. The summed E-state index contributed by atoms with van der Waals surface area (Å²) in [7, 11) is 2.20. The van der Waals surface area contributed by atoms with Gasteiger partial charge in [-0.3, -0.25) is 9.78 Å². The van der Waals surface area contributed by atoms with Crippen molar-refractivity contribution in [3.8, 4) is 0 Å². The van der Waals surface area contributed by atoms with Gasteiger partial charge < -0.3 is 10.2 Å². The molecule has 0 unspecified atom stereocenters. The molecule has 3 aromatic rings. The molecule has 0 atom stereocenters. The first-order chi connectivity index (χ1) is 14.2. The second-order valence-corrected chi connectivity index (χ2v) is 8.03. The molecule has 4 nitrogen and oxygen atoms in total. The fourth-order valence-corrected chi connectivity index (χ4v) is 4.20. The van der Waals surface area contributed by atoms with Gasteiger partial charge in [0.05, 0.1) is 17.4 Å². The maximum Gasteiger partial charge on any atom is 0.224 e. The van der Waals surface area contributed by atoms with E-state index in [0.29, 0.717) is 12.5 Å². The summed E-state index contributed by atoms with van der Waals surface area (Å²) in [4.78, 5) is 19.2. The van der Waals surface area contributed by atoms with Crippen molar-refractivity contribution in [3.63, 3.8) is 0 Å². The van der Waals surface area contributed by atoms with Gasteiger partial charge in [-0.15, -0.1) is 0 Å². The van der Waals surface area contributed by atoms with Crippen molar-refractivity contribution in [2.45, 2.75) is 51.0 Å². The van der Waals surface area contributed by atoms with E-state index < -0.39 is 0 Å². The summed E-state index contributed by atoms with van der Waals surface area (Å²) in [6.07, 6.45) is 9.57. The Balaban J connectivity index is 1.30. The number of pyridine rings is 1. The second kappa shape index (κ2) is 9.08. The molecular formula is C25H29N3O. The van der Waals surface area contributed by atoms with Crippen LogP contribution in [0, 0.1) is 0 Å². The molecule has 150 valence electrons. The third-order valence-corrected chi connectivity index (χ3v) is 5.98. The molecule has 29 heavy (non-hydrogen) atoms. The first kappa shape index (κ1) is 19.4. The number of para-hydroxylation sites is 1. The Bertz CT molecular complexity index is 961. The highest BCUT2D eigenvalue weighted by molar-refractivity contribution is 5.93. The largest absolute Gasteiger partial charge is 0.372 e. The molecule has 0 bridgehead atoms. The van der Waals surface area contributed by atoms with Crippen LogP contribution in [0.3, 0.4) is 0 Å². The lowest BCUT2D eigenvalue weighted by Crippen LogP contribution is -2.33. The molecule has 1 aliphatic rings. The van der Waals surface area contributed by atoms with Crippen molar-refractivity contribution in [2.75, 3.05) is 17.3 Å². The average molecular weight is 388 g/mol. The van der Waals surface area contributed by atoms with Gasteiger partial charge in [0, 0.05) is 30.6 Å². The van der Waals surface area contributed by atoms with Crippen molar-refractivity contribution in [2.24, 2.45) is 0 Å². The Morgan fingerprint density at radius 3 is 2.62 bits per heavy atom. The molecule has 4 rings (SSSR count). The molecule has 1 saturated carbocycles. The summed E-state index contributed by atoms with van der Waals surface area (Å²) in [5.41, 5.74) is 4.15. The smallest absolute Gasteiger partial charge is 0.224 e. The van der Waals surface area contributed by atoms with Crippen LogP contribution in [0.25, 0.3) is 10.9 Å². The Hall–Kier alpha value is -2.88. The lowest BCUT2D eigenvalue weighted by Gasteiger charge is -2.33. The highest BCUT2D eigenvalue weighted by Crippen LogP contribution is 2.26. The van der Waals surface area contributed by atoms with Crippen LogP contribution in [-0.2, 0) is 11.2 Å². The second-order valence-electron chi connectivity index (χ2n) is 8.03. The number of carbonyl (C=O) groups excluding carboxylic acids is 1. The van der Waals surface area contributed by atoms with Crippen molar-refractivity contribution in [1.82, 2.24) is 4.98 Å². The van der Waals surface area contributed by atoms with Crippen LogP contribution in [0.2, 0.25) is 0 Å². The zero-order valence-corrected chi connectivity index (χ0v) is 17.1.